The number of nitrogens with one attached hydrogen (secondary N) is 1. The molecule has 31 heavy (non-hydrogen) atoms. The highest BCUT2D eigenvalue weighted by molar-refractivity contribution is 5.95. The van der Waals surface area contributed by atoms with Gasteiger partial charge in [-0.05, 0) is 49.6 Å². The third-order valence-corrected chi connectivity index (χ3v) is 5.85. The minimum Gasteiger partial charge on any atom is -0.489 e. The van der Waals surface area contributed by atoms with E-state index in [4.69, 9.17) is 10.5 Å². The predicted octanol–water partition coefficient (Wildman–Crippen LogP) is 2.83. The number of benzene rings is 2. The van der Waals surface area contributed by atoms with Gasteiger partial charge in [0.1, 0.15) is 12.4 Å². The molecule has 0 radical (unpaired) electrons. The molecular formula is C24H25N3O4. The van der Waals surface area contributed by atoms with Crippen LogP contribution >= 0.6 is 0 Å². The summed E-state index contributed by atoms with van der Waals surface area (Å²) in [5.74, 6) is -0.533. The van der Waals surface area contributed by atoms with E-state index in [0.717, 1.165) is 33.5 Å². The van der Waals surface area contributed by atoms with Crippen LogP contribution in [0, 0.1) is 18.3 Å². The van der Waals surface area contributed by atoms with Crippen LogP contribution in [0.2, 0.25) is 0 Å². The van der Waals surface area contributed by atoms with Gasteiger partial charge in [-0.15, -0.1) is 0 Å². The number of fused-ring (bicyclic) bond motifs is 1. The topological polar surface area (TPSA) is 104 Å². The fourth-order valence-corrected chi connectivity index (χ4v) is 4.12. The molecule has 2 atom stereocenters. The van der Waals surface area contributed by atoms with Crippen molar-refractivity contribution in [1.29, 1.82) is 0 Å². The van der Waals surface area contributed by atoms with Crippen molar-refractivity contribution in [3.05, 3.63) is 71.4 Å². The number of amides is 2. The van der Waals surface area contributed by atoms with Crippen LogP contribution in [0.15, 0.2) is 54.6 Å². The van der Waals surface area contributed by atoms with Gasteiger partial charge < -0.3 is 10.5 Å². The zero-order valence-corrected chi connectivity index (χ0v) is 17.6. The molecule has 2 amide bonds. The Morgan fingerprint density at radius 3 is 2.65 bits per heavy atom. The highest BCUT2D eigenvalue weighted by Gasteiger charge is 2.62. The molecule has 1 aliphatic rings. The number of nitrogens with zero attached hydrogens (tertiary/aromatic N) is 1. The molecule has 1 aliphatic carbocycles. The van der Waals surface area contributed by atoms with Gasteiger partial charge in [-0.1, -0.05) is 30.3 Å². The smallest absolute Gasteiger partial charge is 0.247 e. The van der Waals surface area contributed by atoms with Crippen LogP contribution in [0.25, 0.3) is 10.9 Å². The van der Waals surface area contributed by atoms with Crippen LogP contribution in [-0.4, -0.2) is 23.9 Å². The largest absolute Gasteiger partial charge is 0.489 e. The Labute approximate surface area is 180 Å². The van der Waals surface area contributed by atoms with Gasteiger partial charge in [0, 0.05) is 16.6 Å². The second-order valence-corrected chi connectivity index (χ2v) is 8.00. The number of aryl methyl sites for hydroxylation is 1. The predicted molar refractivity (Wildman–Crippen MR) is 116 cm³/mol. The first-order chi connectivity index (χ1) is 14.9. The zero-order chi connectivity index (χ0) is 22.0. The Morgan fingerprint density at radius 2 is 1.94 bits per heavy atom. The summed E-state index contributed by atoms with van der Waals surface area (Å²) in [7, 11) is 1.36. The van der Waals surface area contributed by atoms with Crippen molar-refractivity contribution in [1.82, 2.24) is 10.5 Å². The fourth-order valence-electron chi connectivity index (χ4n) is 4.12. The maximum Gasteiger partial charge on any atom is 0.247 e. The van der Waals surface area contributed by atoms with Gasteiger partial charge in [0.15, 0.2) is 0 Å². The number of ether oxygens (including phenoxy) is 1. The van der Waals surface area contributed by atoms with Crippen LogP contribution in [0.3, 0.4) is 0 Å². The standard InChI is InChI=1S/C24H25N3O4/c1-15-11-17(19-5-3-4-6-21(19)26-15)14-31-18-9-7-16(8-10-18)12-24(23(25)29)13-20(24)22(28)27-30-2/h3-11,20H,12-14H2,1-2H3,(H2,25,29)(H,27,28). The summed E-state index contributed by atoms with van der Waals surface area (Å²) in [6.07, 6.45) is 0.822. The molecule has 1 fully saturated rings. The molecule has 4 rings (SSSR count). The first kappa shape index (κ1) is 20.8. The third-order valence-electron chi connectivity index (χ3n) is 5.85. The summed E-state index contributed by atoms with van der Waals surface area (Å²) in [6, 6.07) is 17.6. The van der Waals surface area contributed by atoms with Gasteiger partial charge in [0.2, 0.25) is 11.8 Å². The van der Waals surface area contributed by atoms with Crippen molar-refractivity contribution in [3.63, 3.8) is 0 Å². The number of carbonyl (C=O) groups excluding carboxylic acids is 2. The number of hydrogen-bond donors (Lipinski definition) is 2. The first-order valence-electron chi connectivity index (χ1n) is 10.1. The fraction of sp³-hybridized carbons (Fsp3) is 0.292. The Kier molecular flexibility index (Phi) is 5.61. The average molecular weight is 419 g/mol. The lowest BCUT2D eigenvalue weighted by molar-refractivity contribution is -0.136. The lowest BCUT2D eigenvalue weighted by atomic mass is 9.93. The maximum atomic E-state index is 12.0. The molecule has 1 aromatic heterocycles. The van der Waals surface area contributed by atoms with Crippen molar-refractivity contribution in [2.75, 3.05) is 7.11 Å². The van der Waals surface area contributed by atoms with E-state index in [0.29, 0.717) is 19.4 Å². The van der Waals surface area contributed by atoms with Gasteiger partial charge in [-0.3, -0.25) is 19.4 Å². The molecule has 160 valence electrons. The van der Waals surface area contributed by atoms with Gasteiger partial charge in [-0.25, -0.2) is 5.48 Å². The Morgan fingerprint density at radius 1 is 1.19 bits per heavy atom. The molecule has 0 saturated heterocycles. The number of para-hydroxylation sites is 1. The quantitative estimate of drug-likeness (QED) is 0.547. The normalized spacial score (nSPS) is 19.7. The van der Waals surface area contributed by atoms with Gasteiger partial charge in [0.25, 0.3) is 0 Å². The zero-order valence-electron chi connectivity index (χ0n) is 17.6. The summed E-state index contributed by atoms with van der Waals surface area (Å²) in [5.41, 5.74) is 10.9. The number of hydrogen-bond acceptors (Lipinski definition) is 5. The SMILES string of the molecule is CONC(=O)C1CC1(Cc1ccc(OCc2cc(C)nc3ccccc23)cc1)C(N)=O. The van der Waals surface area contributed by atoms with E-state index >= 15 is 0 Å². The number of carbonyl (C=O) groups is 2. The molecule has 3 aromatic rings. The van der Waals surface area contributed by atoms with Crippen molar-refractivity contribution in [2.24, 2.45) is 17.1 Å². The summed E-state index contributed by atoms with van der Waals surface area (Å²) in [6.45, 7) is 2.39. The molecule has 1 saturated carbocycles. The van der Waals surface area contributed by atoms with E-state index < -0.39 is 17.2 Å². The Hall–Kier alpha value is -3.45. The van der Waals surface area contributed by atoms with E-state index in [-0.39, 0.29) is 5.91 Å². The highest BCUT2D eigenvalue weighted by Crippen LogP contribution is 2.54. The van der Waals surface area contributed by atoms with E-state index in [1.54, 1.807) is 0 Å². The first-order valence-corrected chi connectivity index (χ1v) is 10.1. The van der Waals surface area contributed by atoms with E-state index in [1.807, 2.05) is 61.5 Å². The highest BCUT2D eigenvalue weighted by atomic mass is 16.6. The lowest BCUT2D eigenvalue weighted by Gasteiger charge is -2.14. The van der Waals surface area contributed by atoms with Crippen molar-refractivity contribution in [3.8, 4) is 5.75 Å². The van der Waals surface area contributed by atoms with E-state index in [9.17, 15) is 9.59 Å². The van der Waals surface area contributed by atoms with Gasteiger partial charge >= 0.3 is 0 Å². The molecular weight excluding hydrogens is 394 g/mol. The van der Waals surface area contributed by atoms with Crippen molar-refractivity contribution < 1.29 is 19.2 Å². The Bertz CT molecular complexity index is 1130. The minimum absolute atomic E-state index is 0.318. The monoisotopic (exact) mass is 419 g/mol. The van der Waals surface area contributed by atoms with Crippen LogP contribution in [0.4, 0.5) is 0 Å². The molecule has 1 heterocycles. The van der Waals surface area contributed by atoms with Crippen molar-refractivity contribution in [2.45, 2.75) is 26.4 Å². The molecule has 2 aromatic carbocycles. The van der Waals surface area contributed by atoms with Gasteiger partial charge in [-0.2, -0.15) is 0 Å². The second kappa shape index (κ2) is 8.35. The van der Waals surface area contributed by atoms with Crippen molar-refractivity contribution >= 4 is 22.7 Å². The molecule has 0 spiro atoms. The number of aromatic nitrogens is 1. The van der Waals surface area contributed by atoms with Crippen LogP contribution in [0.5, 0.6) is 5.75 Å². The molecule has 0 bridgehead atoms. The second-order valence-electron chi connectivity index (χ2n) is 8.00. The molecule has 7 heteroatoms. The number of nitrogens with two attached hydrogens (primary N) is 1. The lowest BCUT2D eigenvalue weighted by Crippen LogP contribution is -2.34. The van der Waals surface area contributed by atoms with Crippen LogP contribution in [0.1, 0.15) is 23.2 Å². The molecule has 7 nitrogen and oxygen atoms in total. The summed E-state index contributed by atoms with van der Waals surface area (Å²) in [5, 5.41) is 1.07. The Balaban J connectivity index is 1.44. The average Bonchev–Trinajstić information content (AvgIpc) is 3.49. The minimum atomic E-state index is -0.863. The maximum absolute atomic E-state index is 12.0. The number of hydroxylamine groups is 1. The summed E-state index contributed by atoms with van der Waals surface area (Å²) >= 11 is 0. The number of primary amides is 1. The van der Waals surface area contributed by atoms with E-state index in [1.165, 1.54) is 7.11 Å². The molecule has 2 unspecified atom stereocenters. The summed E-state index contributed by atoms with van der Waals surface area (Å²) in [4.78, 5) is 33.3. The third kappa shape index (κ3) is 4.22. The number of rotatable bonds is 8. The van der Waals surface area contributed by atoms with Gasteiger partial charge in [0.05, 0.1) is 24.0 Å². The van der Waals surface area contributed by atoms with Crippen LogP contribution < -0.4 is 16.0 Å². The van der Waals surface area contributed by atoms with Crippen LogP contribution in [-0.2, 0) is 27.5 Å². The number of pyridine rings is 1. The molecule has 0 aliphatic heterocycles. The summed E-state index contributed by atoms with van der Waals surface area (Å²) < 4.78 is 5.99. The van der Waals surface area contributed by atoms with E-state index in [2.05, 4.69) is 15.3 Å². The molecule has 3 N–H and O–H groups in total.